The van der Waals surface area contributed by atoms with Gasteiger partial charge < -0.3 is 19.3 Å². The third-order valence-electron chi connectivity index (χ3n) is 6.48. The van der Waals surface area contributed by atoms with Gasteiger partial charge in [-0.2, -0.15) is 0 Å². The van der Waals surface area contributed by atoms with Crippen molar-refractivity contribution in [3.05, 3.63) is 59.4 Å². The highest BCUT2D eigenvalue weighted by Gasteiger charge is 2.38. The summed E-state index contributed by atoms with van der Waals surface area (Å²) in [5.74, 6) is 0.775. The molecule has 4 rings (SSSR count). The Morgan fingerprint density at radius 2 is 1.72 bits per heavy atom. The maximum atomic E-state index is 13.6. The monoisotopic (exact) mass is 440 g/mol. The van der Waals surface area contributed by atoms with Gasteiger partial charge in [-0.25, -0.2) is 4.39 Å². The highest BCUT2D eigenvalue weighted by atomic mass is 19.1. The van der Waals surface area contributed by atoms with Crippen molar-refractivity contribution in [2.75, 3.05) is 33.9 Å². The maximum Gasteiger partial charge on any atom is 0.253 e. The molecule has 2 saturated heterocycles. The van der Waals surface area contributed by atoms with Crippen molar-refractivity contribution in [2.24, 2.45) is 5.92 Å². The van der Waals surface area contributed by atoms with Crippen LogP contribution in [-0.4, -0.2) is 55.5 Å². The number of amides is 2. The molecule has 0 spiro atoms. The Kier molecular flexibility index (Phi) is 6.63. The minimum atomic E-state index is -0.374. The predicted molar refractivity (Wildman–Crippen MR) is 118 cm³/mol. The van der Waals surface area contributed by atoms with Gasteiger partial charge in [-0.05, 0) is 68.1 Å². The smallest absolute Gasteiger partial charge is 0.253 e. The number of nitrogens with zero attached hydrogens (tertiary/aromatic N) is 2. The summed E-state index contributed by atoms with van der Waals surface area (Å²) in [4.78, 5) is 30.1. The van der Waals surface area contributed by atoms with Crippen LogP contribution in [0.15, 0.2) is 42.5 Å². The van der Waals surface area contributed by atoms with E-state index in [2.05, 4.69) is 0 Å². The third-order valence-corrected chi connectivity index (χ3v) is 6.48. The van der Waals surface area contributed by atoms with E-state index < -0.39 is 0 Å². The van der Waals surface area contributed by atoms with E-state index in [0.29, 0.717) is 25.2 Å². The quantitative estimate of drug-likeness (QED) is 0.704. The molecule has 0 bridgehead atoms. The zero-order valence-electron chi connectivity index (χ0n) is 18.6. The van der Waals surface area contributed by atoms with E-state index >= 15 is 0 Å². The van der Waals surface area contributed by atoms with Crippen LogP contribution in [0.2, 0.25) is 0 Å². The summed E-state index contributed by atoms with van der Waals surface area (Å²) in [5, 5.41) is 0. The molecule has 0 radical (unpaired) electrons. The van der Waals surface area contributed by atoms with Crippen molar-refractivity contribution in [1.29, 1.82) is 0 Å². The average Bonchev–Trinajstić information content (AvgIpc) is 3.33. The SMILES string of the molecule is COc1ccc(OC)c(C2CCCN2C(=O)C2CCCN(C(=O)c3ccc(F)cc3)C2)c1. The lowest BCUT2D eigenvalue weighted by Gasteiger charge is -2.36. The molecule has 0 aromatic heterocycles. The summed E-state index contributed by atoms with van der Waals surface area (Å²) >= 11 is 0. The number of rotatable bonds is 5. The van der Waals surface area contributed by atoms with Crippen molar-refractivity contribution in [1.82, 2.24) is 9.80 Å². The second kappa shape index (κ2) is 9.59. The van der Waals surface area contributed by atoms with E-state index in [0.717, 1.165) is 42.7 Å². The van der Waals surface area contributed by atoms with Crippen LogP contribution in [0.3, 0.4) is 0 Å². The highest BCUT2D eigenvalue weighted by molar-refractivity contribution is 5.94. The number of benzene rings is 2. The first-order valence-electron chi connectivity index (χ1n) is 11.1. The average molecular weight is 441 g/mol. The molecular formula is C25H29FN2O4. The van der Waals surface area contributed by atoms with Crippen LogP contribution >= 0.6 is 0 Å². The lowest BCUT2D eigenvalue weighted by Crippen LogP contribution is -2.46. The second-order valence-corrected chi connectivity index (χ2v) is 8.39. The zero-order chi connectivity index (χ0) is 22.7. The topological polar surface area (TPSA) is 59.1 Å². The third kappa shape index (κ3) is 4.42. The largest absolute Gasteiger partial charge is 0.497 e. The molecule has 7 heteroatoms. The van der Waals surface area contributed by atoms with Crippen LogP contribution in [0.5, 0.6) is 11.5 Å². The first-order chi connectivity index (χ1) is 15.5. The molecule has 2 aromatic carbocycles. The fourth-order valence-electron chi connectivity index (χ4n) is 4.83. The zero-order valence-corrected chi connectivity index (χ0v) is 18.6. The van der Waals surface area contributed by atoms with E-state index in [4.69, 9.17) is 9.47 Å². The first kappa shape index (κ1) is 22.1. The molecule has 0 aliphatic carbocycles. The number of carbonyl (C=O) groups excluding carboxylic acids is 2. The minimum Gasteiger partial charge on any atom is -0.497 e. The fraction of sp³-hybridized carbons (Fsp3) is 0.440. The molecule has 0 N–H and O–H groups in total. The van der Waals surface area contributed by atoms with Crippen LogP contribution in [0.1, 0.15) is 47.6 Å². The van der Waals surface area contributed by atoms with Gasteiger partial charge in [0.25, 0.3) is 5.91 Å². The number of carbonyl (C=O) groups is 2. The van der Waals surface area contributed by atoms with Gasteiger partial charge >= 0.3 is 0 Å². The molecule has 2 unspecified atom stereocenters. The summed E-state index contributed by atoms with van der Waals surface area (Å²) in [7, 11) is 3.25. The van der Waals surface area contributed by atoms with Crippen LogP contribution in [0, 0.1) is 11.7 Å². The van der Waals surface area contributed by atoms with Crippen molar-refractivity contribution in [2.45, 2.75) is 31.7 Å². The van der Waals surface area contributed by atoms with Crippen LogP contribution in [-0.2, 0) is 4.79 Å². The van der Waals surface area contributed by atoms with Crippen LogP contribution in [0.4, 0.5) is 4.39 Å². The second-order valence-electron chi connectivity index (χ2n) is 8.39. The standard InChI is InChI=1S/C25H29FN2O4/c1-31-20-11-12-23(32-2)21(15-20)22-6-4-14-28(22)25(30)18-5-3-13-27(16-18)24(29)17-7-9-19(26)10-8-17/h7-12,15,18,22H,3-6,13-14,16H2,1-2H3. The lowest BCUT2D eigenvalue weighted by atomic mass is 9.94. The summed E-state index contributed by atoms with van der Waals surface area (Å²) in [5.41, 5.74) is 1.40. The molecule has 2 atom stereocenters. The van der Waals surface area contributed by atoms with Gasteiger partial charge in [0.2, 0.25) is 5.91 Å². The number of likely N-dealkylation sites (tertiary alicyclic amines) is 2. The van der Waals surface area contributed by atoms with E-state index in [1.165, 1.54) is 24.3 Å². The van der Waals surface area contributed by atoms with Gasteiger partial charge in [-0.3, -0.25) is 9.59 Å². The van der Waals surface area contributed by atoms with E-state index in [9.17, 15) is 14.0 Å². The Balaban J connectivity index is 1.51. The van der Waals surface area contributed by atoms with Gasteiger partial charge in [-0.15, -0.1) is 0 Å². The Labute approximate surface area is 187 Å². The van der Waals surface area contributed by atoms with Crippen LogP contribution < -0.4 is 9.47 Å². The Hall–Kier alpha value is -3.09. The van der Waals surface area contributed by atoms with Crippen molar-refractivity contribution in [3.8, 4) is 11.5 Å². The molecule has 170 valence electrons. The number of ether oxygens (including phenoxy) is 2. The Morgan fingerprint density at radius 1 is 0.969 bits per heavy atom. The molecule has 2 aliphatic rings. The van der Waals surface area contributed by atoms with E-state index in [1.807, 2.05) is 23.1 Å². The summed E-state index contributed by atoms with van der Waals surface area (Å²) < 4.78 is 24.2. The summed E-state index contributed by atoms with van der Waals surface area (Å²) in [6, 6.07) is 11.2. The molecule has 2 amide bonds. The van der Waals surface area contributed by atoms with Gasteiger partial charge in [0.15, 0.2) is 0 Å². The van der Waals surface area contributed by atoms with Crippen molar-refractivity contribution < 1.29 is 23.5 Å². The normalized spacial score (nSPS) is 20.8. The van der Waals surface area contributed by atoms with Gasteiger partial charge in [0, 0.05) is 30.8 Å². The maximum absolute atomic E-state index is 13.6. The molecule has 32 heavy (non-hydrogen) atoms. The fourth-order valence-corrected chi connectivity index (χ4v) is 4.83. The number of piperidine rings is 1. The van der Waals surface area contributed by atoms with E-state index in [-0.39, 0.29) is 29.6 Å². The Bertz CT molecular complexity index is 978. The predicted octanol–water partition coefficient (Wildman–Crippen LogP) is 4.06. The van der Waals surface area contributed by atoms with Gasteiger partial charge in [0.05, 0.1) is 26.2 Å². The van der Waals surface area contributed by atoms with Crippen molar-refractivity contribution >= 4 is 11.8 Å². The minimum absolute atomic E-state index is 0.0734. The summed E-state index contributed by atoms with van der Waals surface area (Å²) in [6.07, 6.45) is 3.30. The molecular weight excluding hydrogens is 411 g/mol. The number of hydrogen-bond acceptors (Lipinski definition) is 4. The molecule has 2 heterocycles. The highest BCUT2D eigenvalue weighted by Crippen LogP contribution is 2.40. The molecule has 6 nitrogen and oxygen atoms in total. The first-order valence-corrected chi connectivity index (χ1v) is 11.1. The number of methoxy groups -OCH3 is 2. The van der Waals surface area contributed by atoms with E-state index in [1.54, 1.807) is 19.1 Å². The van der Waals surface area contributed by atoms with Crippen LogP contribution in [0.25, 0.3) is 0 Å². The molecule has 2 aliphatic heterocycles. The van der Waals surface area contributed by atoms with Gasteiger partial charge in [0.1, 0.15) is 17.3 Å². The van der Waals surface area contributed by atoms with Crippen molar-refractivity contribution in [3.63, 3.8) is 0 Å². The number of hydrogen-bond donors (Lipinski definition) is 0. The molecule has 0 saturated carbocycles. The lowest BCUT2D eigenvalue weighted by molar-refractivity contribution is -0.138. The molecule has 2 aromatic rings. The van der Waals surface area contributed by atoms with Gasteiger partial charge in [-0.1, -0.05) is 0 Å². The summed E-state index contributed by atoms with van der Waals surface area (Å²) in [6.45, 7) is 1.67. The Morgan fingerprint density at radius 3 is 2.44 bits per heavy atom. The molecule has 2 fully saturated rings. The number of halogens is 1.